The molecule has 1 heterocycles. The van der Waals surface area contributed by atoms with E-state index in [9.17, 15) is 8.42 Å². The number of nitrogens with one attached hydrogen (secondary N) is 1. The number of halogens is 1. The zero-order valence-electron chi connectivity index (χ0n) is 9.40. The number of hydrogen-bond donors (Lipinski definition) is 1. The van der Waals surface area contributed by atoms with E-state index in [1.807, 2.05) is 6.92 Å². The Balaban J connectivity index is 2.97. The summed E-state index contributed by atoms with van der Waals surface area (Å²) in [7, 11) is -3.47. The maximum absolute atomic E-state index is 12.1. The van der Waals surface area contributed by atoms with Crippen molar-refractivity contribution >= 4 is 21.6 Å². The van der Waals surface area contributed by atoms with Crippen molar-refractivity contribution in [3.63, 3.8) is 0 Å². The predicted octanol–water partition coefficient (Wildman–Crippen LogP) is 1.36. The van der Waals surface area contributed by atoms with Gasteiger partial charge in [-0.3, -0.25) is 0 Å². The number of imidazole rings is 1. The number of aromatic nitrogens is 2. The first-order valence-corrected chi connectivity index (χ1v) is 7.07. The SMILES string of the molecule is CCCN(CCCl)S(=O)(=O)c1cnc(C)[nH]1. The first-order chi connectivity index (χ1) is 7.52. The molecule has 0 aromatic carbocycles. The van der Waals surface area contributed by atoms with Crippen molar-refractivity contribution in [2.75, 3.05) is 19.0 Å². The van der Waals surface area contributed by atoms with Gasteiger partial charge in [-0.15, -0.1) is 11.6 Å². The van der Waals surface area contributed by atoms with E-state index in [-0.39, 0.29) is 10.9 Å². The average molecular weight is 266 g/mol. The molecule has 0 aliphatic heterocycles. The smallest absolute Gasteiger partial charge is 0.260 e. The minimum absolute atomic E-state index is 0.128. The van der Waals surface area contributed by atoms with Crippen LogP contribution >= 0.6 is 11.6 Å². The third-order valence-electron chi connectivity index (χ3n) is 2.10. The molecular weight excluding hydrogens is 250 g/mol. The molecule has 7 heteroatoms. The van der Waals surface area contributed by atoms with Gasteiger partial charge in [0.05, 0.1) is 6.20 Å². The van der Waals surface area contributed by atoms with Gasteiger partial charge in [0.2, 0.25) is 0 Å². The lowest BCUT2D eigenvalue weighted by Crippen LogP contribution is -2.33. The molecule has 0 saturated heterocycles. The first-order valence-electron chi connectivity index (χ1n) is 5.10. The molecule has 0 atom stereocenters. The highest BCUT2D eigenvalue weighted by Gasteiger charge is 2.24. The molecule has 1 aromatic heterocycles. The molecular formula is C9H16ClN3O2S. The molecule has 5 nitrogen and oxygen atoms in total. The Labute approximate surface area is 101 Å². The lowest BCUT2D eigenvalue weighted by atomic mass is 10.5. The summed E-state index contributed by atoms with van der Waals surface area (Å²) < 4.78 is 25.6. The van der Waals surface area contributed by atoms with E-state index in [0.29, 0.717) is 18.9 Å². The highest BCUT2D eigenvalue weighted by molar-refractivity contribution is 7.89. The Morgan fingerprint density at radius 3 is 2.62 bits per heavy atom. The van der Waals surface area contributed by atoms with Crippen LogP contribution in [0, 0.1) is 6.92 Å². The quantitative estimate of drug-likeness (QED) is 0.790. The molecule has 92 valence electrons. The van der Waals surface area contributed by atoms with Gasteiger partial charge in [-0.1, -0.05) is 6.92 Å². The standard InChI is InChI=1S/C9H16ClN3O2S/c1-3-5-13(6-4-10)16(14,15)9-7-11-8(2)12-9/h7H,3-6H2,1-2H3,(H,11,12). The van der Waals surface area contributed by atoms with Crippen molar-refractivity contribution < 1.29 is 8.42 Å². The number of rotatable bonds is 6. The molecule has 0 radical (unpaired) electrons. The minimum atomic E-state index is -3.47. The number of H-pyrrole nitrogens is 1. The highest BCUT2D eigenvalue weighted by Crippen LogP contribution is 2.13. The topological polar surface area (TPSA) is 66.1 Å². The van der Waals surface area contributed by atoms with Crippen LogP contribution in [0.1, 0.15) is 19.2 Å². The molecule has 16 heavy (non-hydrogen) atoms. The third-order valence-corrected chi connectivity index (χ3v) is 4.08. The second-order valence-electron chi connectivity index (χ2n) is 3.43. The zero-order valence-corrected chi connectivity index (χ0v) is 11.0. The second-order valence-corrected chi connectivity index (χ2v) is 5.71. The lowest BCUT2D eigenvalue weighted by Gasteiger charge is -2.19. The highest BCUT2D eigenvalue weighted by atomic mass is 35.5. The van der Waals surface area contributed by atoms with Gasteiger partial charge in [0.1, 0.15) is 5.82 Å². The monoisotopic (exact) mass is 265 g/mol. The average Bonchev–Trinajstić information content (AvgIpc) is 2.65. The van der Waals surface area contributed by atoms with Gasteiger partial charge in [0, 0.05) is 19.0 Å². The van der Waals surface area contributed by atoms with E-state index in [2.05, 4.69) is 9.97 Å². The van der Waals surface area contributed by atoms with E-state index in [1.54, 1.807) is 6.92 Å². The summed E-state index contributed by atoms with van der Waals surface area (Å²) in [6.45, 7) is 4.42. The summed E-state index contributed by atoms with van der Waals surface area (Å²) in [5, 5.41) is 0.128. The molecule has 1 rings (SSSR count). The van der Waals surface area contributed by atoms with Crippen molar-refractivity contribution in [1.82, 2.24) is 14.3 Å². The van der Waals surface area contributed by atoms with Crippen molar-refractivity contribution in [2.45, 2.75) is 25.3 Å². The molecule has 0 amide bonds. The van der Waals surface area contributed by atoms with Crippen LogP contribution in [0.4, 0.5) is 0 Å². The Morgan fingerprint density at radius 1 is 1.50 bits per heavy atom. The summed E-state index contributed by atoms with van der Waals surface area (Å²) >= 11 is 5.60. The molecule has 0 spiro atoms. The van der Waals surface area contributed by atoms with E-state index in [0.717, 1.165) is 6.42 Å². The van der Waals surface area contributed by atoms with Crippen LogP contribution in [0.3, 0.4) is 0 Å². The normalized spacial score (nSPS) is 12.2. The molecule has 0 aliphatic rings. The Morgan fingerprint density at radius 2 is 2.19 bits per heavy atom. The van der Waals surface area contributed by atoms with Crippen molar-refractivity contribution in [3.05, 3.63) is 12.0 Å². The summed E-state index contributed by atoms with van der Waals surface area (Å²) in [6.07, 6.45) is 2.09. The number of sulfonamides is 1. The number of alkyl halides is 1. The maximum Gasteiger partial charge on any atom is 0.260 e. The van der Waals surface area contributed by atoms with Crippen molar-refractivity contribution in [3.8, 4) is 0 Å². The number of aryl methyl sites for hydroxylation is 1. The van der Waals surface area contributed by atoms with Gasteiger partial charge >= 0.3 is 0 Å². The van der Waals surface area contributed by atoms with Crippen LogP contribution in [0.15, 0.2) is 11.2 Å². The number of hydrogen-bond acceptors (Lipinski definition) is 3. The summed E-state index contributed by atoms with van der Waals surface area (Å²) in [5.41, 5.74) is 0. The van der Waals surface area contributed by atoms with Gasteiger partial charge in [-0.2, -0.15) is 4.31 Å². The van der Waals surface area contributed by atoms with Crippen LogP contribution in [-0.4, -0.2) is 41.7 Å². The second kappa shape index (κ2) is 5.65. The van der Waals surface area contributed by atoms with E-state index >= 15 is 0 Å². The van der Waals surface area contributed by atoms with Crippen LogP contribution in [0.2, 0.25) is 0 Å². The van der Waals surface area contributed by atoms with Gasteiger partial charge in [-0.25, -0.2) is 13.4 Å². The summed E-state index contributed by atoms with van der Waals surface area (Å²) in [5.74, 6) is 0.868. The minimum Gasteiger partial charge on any atom is -0.332 e. The van der Waals surface area contributed by atoms with E-state index in [4.69, 9.17) is 11.6 Å². The van der Waals surface area contributed by atoms with Crippen LogP contribution in [-0.2, 0) is 10.0 Å². The molecule has 0 fully saturated rings. The van der Waals surface area contributed by atoms with Gasteiger partial charge < -0.3 is 4.98 Å². The number of nitrogens with zero attached hydrogens (tertiary/aromatic N) is 2. The van der Waals surface area contributed by atoms with Gasteiger partial charge in [0.25, 0.3) is 10.0 Å². The summed E-state index contributed by atoms with van der Waals surface area (Å²) in [6, 6.07) is 0. The van der Waals surface area contributed by atoms with Crippen LogP contribution in [0.25, 0.3) is 0 Å². The molecule has 0 saturated carbocycles. The molecule has 1 N–H and O–H groups in total. The Hall–Kier alpha value is -0.590. The lowest BCUT2D eigenvalue weighted by molar-refractivity contribution is 0.427. The molecule has 0 bridgehead atoms. The van der Waals surface area contributed by atoms with Crippen molar-refractivity contribution in [2.24, 2.45) is 0 Å². The first kappa shape index (κ1) is 13.5. The van der Waals surface area contributed by atoms with Gasteiger partial charge in [0.15, 0.2) is 5.03 Å². The zero-order chi connectivity index (χ0) is 12.2. The number of aromatic amines is 1. The van der Waals surface area contributed by atoms with E-state index < -0.39 is 10.0 Å². The maximum atomic E-state index is 12.1. The Bertz CT molecular complexity index is 424. The fraction of sp³-hybridized carbons (Fsp3) is 0.667. The van der Waals surface area contributed by atoms with Crippen LogP contribution in [0.5, 0.6) is 0 Å². The molecule has 1 aromatic rings. The third kappa shape index (κ3) is 2.96. The predicted molar refractivity (Wildman–Crippen MR) is 63.1 cm³/mol. The van der Waals surface area contributed by atoms with E-state index in [1.165, 1.54) is 10.5 Å². The largest absolute Gasteiger partial charge is 0.332 e. The summed E-state index contributed by atoms with van der Waals surface area (Å²) in [4.78, 5) is 6.62. The molecule has 0 aliphatic carbocycles. The van der Waals surface area contributed by atoms with Crippen LogP contribution < -0.4 is 0 Å². The van der Waals surface area contributed by atoms with Crippen molar-refractivity contribution in [1.29, 1.82) is 0 Å². The Kier molecular flexibility index (Phi) is 4.76. The fourth-order valence-electron chi connectivity index (χ4n) is 1.36. The fourth-order valence-corrected chi connectivity index (χ4v) is 3.16. The van der Waals surface area contributed by atoms with Gasteiger partial charge in [-0.05, 0) is 13.3 Å². The molecule has 0 unspecified atom stereocenters.